The molecule has 0 spiro atoms. The van der Waals surface area contributed by atoms with Gasteiger partial charge in [-0.15, -0.1) is 4.72 Å². The Bertz CT molecular complexity index is 1970. The van der Waals surface area contributed by atoms with E-state index < -0.39 is 57.0 Å². The summed E-state index contributed by atoms with van der Waals surface area (Å²) < 4.78 is 79.0. The van der Waals surface area contributed by atoms with Gasteiger partial charge in [-0.25, -0.2) is 13.9 Å². The molecule has 2 amide bonds. The van der Waals surface area contributed by atoms with Crippen molar-refractivity contribution >= 4 is 29.0 Å². The summed E-state index contributed by atoms with van der Waals surface area (Å²) in [6.45, 7) is 5.09. The first-order valence-corrected chi connectivity index (χ1v) is 17.2. The Morgan fingerprint density at radius 3 is 2.41 bits per heavy atom. The minimum Gasteiger partial charge on any atom is -0.598 e. The van der Waals surface area contributed by atoms with Crippen molar-refractivity contribution in [2.75, 3.05) is 5.32 Å². The number of hydrogen-bond donors (Lipinski definition) is 3. The van der Waals surface area contributed by atoms with Gasteiger partial charge in [-0.2, -0.15) is 23.5 Å². The lowest BCUT2D eigenvalue weighted by Crippen LogP contribution is -2.52. The first-order valence-electron chi connectivity index (χ1n) is 16.0. The molecular weight excluding hydrogens is 688 g/mol. The quantitative estimate of drug-likeness (QED) is 0.103. The third-order valence-corrected chi connectivity index (χ3v) is 10.1. The van der Waals surface area contributed by atoms with Crippen LogP contribution in [0.2, 0.25) is 0 Å². The average Bonchev–Trinajstić information content (AvgIpc) is 3.79. The minimum absolute atomic E-state index is 0.0285. The number of halogens is 4. The standard InChI is InChI=1S/C36H36F4N6O4S/c1-34(2,3)51(49)45-35(15-14-22-10-11-22,25-8-4-6-23(16-25)20-41)26-12-13-28(37)29(18-26)43-32(47)30-19-31(36(38,39)40)44-46(30)27-9-5-7-24(17-27)21-50-33(42)48/h4-9,12-13,16-19,22,45H,10-11,14-15,21H2,1-3H3,(H2,42,48)(H,43,47). The number of rotatable bonds is 12. The predicted molar refractivity (Wildman–Crippen MR) is 182 cm³/mol. The van der Waals surface area contributed by atoms with Crippen LogP contribution in [-0.2, 0) is 34.4 Å². The maximum absolute atomic E-state index is 15.6. The fraction of sp³-hybridized carbons (Fsp3) is 0.333. The Morgan fingerprint density at radius 2 is 1.76 bits per heavy atom. The Kier molecular flexibility index (Phi) is 10.8. The predicted octanol–water partition coefficient (Wildman–Crippen LogP) is 7.24. The molecule has 0 radical (unpaired) electrons. The lowest BCUT2D eigenvalue weighted by Gasteiger charge is -2.39. The molecule has 0 bridgehead atoms. The van der Waals surface area contributed by atoms with Gasteiger partial charge in [0.2, 0.25) is 0 Å². The molecule has 268 valence electrons. The molecular formula is C36H36F4N6O4S. The van der Waals surface area contributed by atoms with Gasteiger partial charge in [0.25, 0.3) is 5.91 Å². The zero-order valence-corrected chi connectivity index (χ0v) is 28.8. The summed E-state index contributed by atoms with van der Waals surface area (Å²) in [7, 11) is 0. The van der Waals surface area contributed by atoms with Gasteiger partial charge in [0.15, 0.2) is 5.69 Å². The van der Waals surface area contributed by atoms with Gasteiger partial charge in [-0.3, -0.25) is 4.79 Å². The van der Waals surface area contributed by atoms with Crippen LogP contribution in [-0.4, -0.2) is 31.1 Å². The Morgan fingerprint density at radius 1 is 1.06 bits per heavy atom. The molecule has 1 aliphatic carbocycles. The van der Waals surface area contributed by atoms with E-state index in [0.29, 0.717) is 47.1 Å². The van der Waals surface area contributed by atoms with Crippen LogP contribution in [0.15, 0.2) is 72.8 Å². The van der Waals surface area contributed by atoms with E-state index >= 15 is 4.39 Å². The van der Waals surface area contributed by atoms with Crippen LogP contribution < -0.4 is 15.8 Å². The first-order chi connectivity index (χ1) is 24.0. The van der Waals surface area contributed by atoms with Gasteiger partial charge in [-0.1, -0.05) is 43.2 Å². The number of aromatic nitrogens is 2. The number of hydrogen-bond acceptors (Lipinski definition) is 7. The molecule has 10 nitrogen and oxygen atoms in total. The number of nitriles is 1. The highest BCUT2D eigenvalue weighted by Crippen LogP contribution is 2.43. The Hall–Kier alpha value is -4.91. The average molecular weight is 725 g/mol. The molecule has 4 N–H and O–H groups in total. The van der Waals surface area contributed by atoms with Gasteiger partial charge in [-0.05, 0) is 92.6 Å². The summed E-state index contributed by atoms with van der Waals surface area (Å²) >= 11 is -1.67. The van der Waals surface area contributed by atoms with E-state index in [1.165, 1.54) is 36.4 Å². The van der Waals surface area contributed by atoms with Crippen molar-refractivity contribution in [3.63, 3.8) is 0 Å². The van der Waals surface area contributed by atoms with Crippen LogP contribution in [0, 0.1) is 23.1 Å². The number of ether oxygens (including phenoxy) is 1. The molecule has 51 heavy (non-hydrogen) atoms. The third-order valence-electron chi connectivity index (χ3n) is 8.41. The summed E-state index contributed by atoms with van der Waals surface area (Å²) in [5.41, 5.74) is 3.26. The van der Waals surface area contributed by atoms with Crippen LogP contribution in [0.1, 0.15) is 84.9 Å². The van der Waals surface area contributed by atoms with Crippen molar-refractivity contribution in [2.45, 2.75) is 69.5 Å². The van der Waals surface area contributed by atoms with Gasteiger partial charge < -0.3 is 20.3 Å². The second kappa shape index (κ2) is 14.7. The highest BCUT2D eigenvalue weighted by Gasteiger charge is 2.44. The van der Waals surface area contributed by atoms with Crippen LogP contribution in [0.4, 0.5) is 28.0 Å². The number of amides is 2. The zero-order valence-electron chi connectivity index (χ0n) is 28.0. The largest absolute Gasteiger partial charge is 0.598 e. The van der Waals surface area contributed by atoms with Crippen molar-refractivity contribution < 1.29 is 36.4 Å². The van der Waals surface area contributed by atoms with E-state index in [1.54, 1.807) is 45.0 Å². The number of carbonyl (C=O) groups excluding carboxylic acids is 2. The maximum Gasteiger partial charge on any atom is 0.435 e. The van der Waals surface area contributed by atoms with Gasteiger partial charge in [0.1, 0.15) is 28.4 Å². The van der Waals surface area contributed by atoms with Gasteiger partial charge in [0.05, 0.1) is 23.0 Å². The van der Waals surface area contributed by atoms with Crippen LogP contribution in [0.25, 0.3) is 5.69 Å². The summed E-state index contributed by atoms with van der Waals surface area (Å²) in [5, 5.41) is 15.8. The second-order valence-corrected chi connectivity index (χ2v) is 15.3. The molecule has 4 aromatic rings. The van der Waals surface area contributed by atoms with Crippen LogP contribution in [0.3, 0.4) is 0 Å². The number of nitrogens with one attached hydrogen (secondary N) is 2. The molecule has 3 aromatic carbocycles. The summed E-state index contributed by atoms with van der Waals surface area (Å²) in [6.07, 6.45) is -2.81. The lowest BCUT2D eigenvalue weighted by molar-refractivity contribution is -0.141. The Labute approximate surface area is 295 Å². The van der Waals surface area contributed by atoms with E-state index in [9.17, 15) is 32.6 Å². The number of anilines is 1. The molecule has 1 saturated carbocycles. The molecule has 0 aliphatic heterocycles. The monoisotopic (exact) mass is 724 g/mol. The van der Waals surface area contributed by atoms with Crippen LogP contribution in [0.5, 0.6) is 0 Å². The molecule has 0 saturated heterocycles. The molecule has 1 fully saturated rings. The summed E-state index contributed by atoms with van der Waals surface area (Å²) in [4.78, 5) is 24.8. The van der Waals surface area contributed by atoms with Crippen molar-refractivity contribution in [3.05, 3.63) is 112 Å². The lowest BCUT2D eigenvalue weighted by atomic mass is 9.79. The Balaban J connectivity index is 1.59. The molecule has 5 rings (SSSR count). The number of benzene rings is 3. The van der Waals surface area contributed by atoms with E-state index in [2.05, 4.69) is 21.2 Å². The SMILES string of the molecule is CC(C)(C)[S+]([O-])NC(CCC1CC1)(c1cccc(C#N)c1)c1ccc(F)c(NC(=O)c2cc(C(F)(F)F)nn2-c2cccc(COC(N)=O)c2)c1. The number of alkyl halides is 3. The van der Waals surface area contributed by atoms with E-state index in [-0.39, 0.29) is 18.0 Å². The van der Waals surface area contributed by atoms with E-state index in [4.69, 9.17) is 10.5 Å². The third kappa shape index (κ3) is 8.88. The molecule has 2 unspecified atom stereocenters. The second-order valence-electron chi connectivity index (χ2n) is 13.3. The zero-order chi connectivity index (χ0) is 37.1. The molecule has 15 heteroatoms. The highest BCUT2D eigenvalue weighted by atomic mass is 32.2. The van der Waals surface area contributed by atoms with Crippen molar-refractivity contribution in [3.8, 4) is 11.8 Å². The number of carbonyl (C=O) groups is 2. The normalized spacial score (nSPS) is 15.0. The van der Waals surface area contributed by atoms with Crippen LogP contribution >= 0.6 is 0 Å². The number of nitrogens with zero attached hydrogens (tertiary/aromatic N) is 3. The fourth-order valence-electron chi connectivity index (χ4n) is 5.50. The number of primary amides is 1. The highest BCUT2D eigenvalue weighted by molar-refractivity contribution is 7.90. The molecule has 2 atom stereocenters. The smallest absolute Gasteiger partial charge is 0.435 e. The summed E-state index contributed by atoms with van der Waals surface area (Å²) in [6, 6.07) is 19.2. The fourth-order valence-corrected chi connectivity index (χ4v) is 6.46. The molecule has 1 heterocycles. The van der Waals surface area contributed by atoms with Crippen molar-refractivity contribution in [1.82, 2.24) is 14.5 Å². The van der Waals surface area contributed by atoms with Gasteiger partial charge in [0, 0.05) is 17.4 Å². The van der Waals surface area contributed by atoms with E-state index in [1.807, 2.05) is 0 Å². The minimum atomic E-state index is -4.92. The maximum atomic E-state index is 15.6. The first kappa shape index (κ1) is 37.3. The molecule has 1 aromatic heterocycles. The topological polar surface area (TPSA) is 158 Å². The summed E-state index contributed by atoms with van der Waals surface area (Å²) in [5.74, 6) is -1.55. The number of nitrogens with two attached hydrogens (primary N) is 1. The van der Waals surface area contributed by atoms with E-state index in [0.717, 1.165) is 23.6 Å². The molecule has 1 aliphatic rings. The van der Waals surface area contributed by atoms with Gasteiger partial charge >= 0.3 is 12.3 Å². The van der Waals surface area contributed by atoms with Crippen molar-refractivity contribution in [1.29, 1.82) is 5.26 Å². The van der Waals surface area contributed by atoms with Crippen molar-refractivity contribution in [2.24, 2.45) is 11.7 Å².